The van der Waals surface area contributed by atoms with Crippen LogP contribution in [-0.2, 0) is 16.3 Å². The molecule has 0 atom stereocenters. The van der Waals surface area contributed by atoms with E-state index in [9.17, 15) is 8.42 Å². The Balaban J connectivity index is 2.77. The van der Waals surface area contributed by atoms with Crippen molar-refractivity contribution in [2.45, 2.75) is 24.7 Å². The lowest BCUT2D eigenvalue weighted by atomic mass is 10.00. The fourth-order valence-corrected chi connectivity index (χ4v) is 2.71. The summed E-state index contributed by atoms with van der Waals surface area (Å²) in [5.74, 6) is 0.432. The van der Waals surface area contributed by atoms with Crippen LogP contribution in [0.25, 0.3) is 0 Å². The fourth-order valence-electron chi connectivity index (χ4n) is 1.76. The van der Waals surface area contributed by atoms with Crippen molar-refractivity contribution in [1.29, 1.82) is 0 Å². The van der Waals surface area contributed by atoms with E-state index in [4.69, 9.17) is 11.5 Å². The Labute approximate surface area is 109 Å². The highest BCUT2D eigenvalue weighted by Crippen LogP contribution is 2.15. The number of benzene rings is 1. The lowest BCUT2D eigenvalue weighted by Crippen LogP contribution is -2.23. The first-order chi connectivity index (χ1) is 8.53. The highest BCUT2D eigenvalue weighted by Gasteiger charge is 2.12. The number of aryl methyl sites for hydroxylation is 1. The highest BCUT2D eigenvalue weighted by molar-refractivity contribution is 7.91. The monoisotopic (exact) mass is 270 g/mol. The van der Waals surface area contributed by atoms with E-state index < -0.39 is 9.84 Å². The summed E-state index contributed by atoms with van der Waals surface area (Å²) in [5.41, 5.74) is 12.2. The molecular weight excluding hydrogens is 248 g/mol. The second-order valence-corrected chi connectivity index (χ2v) is 6.71. The smallest absolute Gasteiger partial charge is 0.178 e. The zero-order valence-corrected chi connectivity index (χ0v) is 11.6. The molecule has 0 aliphatic carbocycles. The fraction of sp³-hybridized carbons (Fsp3) is 0.538. The molecule has 0 unspecified atom stereocenters. The van der Waals surface area contributed by atoms with Gasteiger partial charge in [-0.3, -0.25) is 0 Å². The van der Waals surface area contributed by atoms with E-state index in [0.29, 0.717) is 23.9 Å². The van der Waals surface area contributed by atoms with E-state index >= 15 is 0 Å². The van der Waals surface area contributed by atoms with Crippen LogP contribution in [0, 0.1) is 5.92 Å². The van der Waals surface area contributed by atoms with Gasteiger partial charge in [0.1, 0.15) is 0 Å². The van der Waals surface area contributed by atoms with Crippen molar-refractivity contribution >= 4 is 9.84 Å². The third kappa shape index (κ3) is 4.08. The number of sulfone groups is 1. The third-order valence-electron chi connectivity index (χ3n) is 3.15. The maximum atomic E-state index is 11.8. The minimum atomic E-state index is -3.12. The van der Waals surface area contributed by atoms with Crippen molar-refractivity contribution in [3.63, 3.8) is 0 Å². The SMILES string of the molecule is CCS(=O)(=O)c1cccc(CCC(CN)CN)c1. The second kappa shape index (κ2) is 6.87. The molecule has 0 amide bonds. The first-order valence-electron chi connectivity index (χ1n) is 6.25. The van der Waals surface area contributed by atoms with Crippen molar-refractivity contribution in [1.82, 2.24) is 0 Å². The van der Waals surface area contributed by atoms with Gasteiger partial charge in [-0.05, 0) is 49.5 Å². The molecule has 0 radical (unpaired) electrons. The standard InChI is InChI=1S/C13H22N2O2S/c1-2-18(16,17)13-5-3-4-11(8-13)6-7-12(9-14)10-15/h3-5,8,12H,2,6-7,9-10,14-15H2,1H3. The molecule has 0 spiro atoms. The topological polar surface area (TPSA) is 86.2 Å². The first-order valence-corrected chi connectivity index (χ1v) is 7.90. The lowest BCUT2D eigenvalue weighted by Gasteiger charge is -2.12. The summed E-state index contributed by atoms with van der Waals surface area (Å²) < 4.78 is 23.5. The lowest BCUT2D eigenvalue weighted by molar-refractivity contribution is 0.507. The summed E-state index contributed by atoms with van der Waals surface area (Å²) in [5, 5.41) is 0. The molecule has 0 bridgehead atoms. The summed E-state index contributed by atoms with van der Waals surface area (Å²) in [6, 6.07) is 7.13. The number of hydrogen-bond acceptors (Lipinski definition) is 4. The molecule has 4 nitrogen and oxygen atoms in total. The summed E-state index contributed by atoms with van der Waals surface area (Å²) in [4.78, 5) is 0.402. The Kier molecular flexibility index (Phi) is 5.78. The third-order valence-corrected chi connectivity index (χ3v) is 4.88. The van der Waals surface area contributed by atoms with Gasteiger partial charge in [-0.25, -0.2) is 8.42 Å². The van der Waals surface area contributed by atoms with Gasteiger partial charge in [0, 0.05) is 0 Å². The Morgan fingerprint density at radius 1 is 1.22 bits per heavy atom. The molecule has 1 aromatic rings. The quantitative estimate of drug-likeness (QED) is 0.772. The summed E-state index contributed by atoms with van der Waals surface area (Å²) in [7, 11) is -3.12. The molecule has 5 heteroatoms. The van der Waals surface area contributed by atoms with Crippen LogP contribution in [-0.4, -0.2) is 27.3 Å². The van der Waals surface area contributed by atoms with Crippen molar-refractivity contribution in [3.05, 3.63) is 29.8 Å². The Morgan fingerprint density at radius 2 is 1.89 bits per heavy atom. The summed E-state index contributed by atoms with van der Waals surface area (Å²) in [6.07, 6.45) is 1.70. The van der Waals surface area contributed by atoms with Gasteiger partial charge in [0.05, 0.1) is 10.6 Å². The molecular formula is C13H22N2O2S. The van der Waals surface area contributed by atoms with Gasteiger partial charge < -0.3 is 11.5 Å². The Morgan fingerprint density at radius 3 is 2.44 bits per heavy atom. The molecule has 1 rings (SSSR count). The van der Waals surface area contributed by atoms with Crippen LogP contribution in [0.1, 0.15) is 18.9 Å². The second-order valence-electron chi connectivity index (χ2n) is 4.43. The molecule has 4 N–H and O–H groups in total. The van der Waals surface area contributed by atoms with Gasteiger partial charge >= 0.3 is 0 Å². The first kappa shape index (κ1) is 15.1. The van der Waals surface area contributed by atoms with Crippen LogP contribution >= 0.6 is 0 Å². The maximum absolute atomic E-state index is 11.8. The van der Waals surface area contributed by atoms with Gasteiger partial charge in [0.2, 0.25) is 0 Å². The Bertz CT molecular complexity index is 468. The van der Waals surface area contributed by atoms with E-state index in [1.54, 1.807) is 25.1 Å². The molecule has 1 aromatic carbocycles. The number of rotatable bonds is 7. The average Bonchev–Trinajstić information content (AvgIpc) is 2.40. The van der Waals surface area contributed by atoms with E-state index in [-0.39, 0.29) is 5.75 Å². The van der Waals surface area contributed by atoms with Gasteiger partial charge in [-0.1, -0.05) is 19.1 Å². The number of hydrogen-bond donors (Lipinski definition) is 2. The van der Waals surface area contributed by atoms with Gasteiger partial charge in [-0.2, -0.15) is 0 Å². The minimum absolute atomic E-state index is 0.130. The predicted octanol–water partition coefficient (Wildman–Crippen LogP) is 0.946. The molecule has 0 saturated heterocycles. The summed E-state index contributed by atoms with van der Waals surface area (Å²) in [6.45, 7) is 2.80. The van der Waals surface area contributed by atoms with Gasteiger partial charge in [0.25, 0.3) is 0 Å². The maximum Gasteiger partial charge on any atom is 0.178 e. The van der Waals surface area contributed by atoms with Crippen LogP contribution in [0.2, 0.25) is 0 Å². The molecule has 0 saturated carbocycles. The number of nitrogens with two attached hydrogens (primary N) is 2. The molecule has 0 fully saturated rings. The van der Waals surface area contributed by atoms with Crippen LogP contribution in [0.4, 0.5) is 0 Å². The predicted molar refractivity (Wildman–Crippen MR) is 74.1 cm³/mol. The van der Waals surface area contributed by atoms with Crippen LogP contribution < -0.4 is 11.5 Å². The van der Waals surface area contributed by atoms with Gasteiger partial charge in [-0.15, -0.1) is 0 Å². The van der Waals surface area contributed by atoms with Gasteiger partial charge in [0.15, 0.2) is 9.84 Å². The average molecular weight is 270 g/mol. The molecule has 102 valence electrons. The van der Waals surface area contributed by atoms with Crippen LogP contribution in [0.15, 0.2) is 29.2 Å². The van der Waals surface area contributed by atoms with E-state index in [2.05, 4.69) is 0 Å². The normalized spacial score (nSPS) is 12.0. The molecule has 0 aliphatic heterocycles. The zero-order valence-electron chi connectivity index (χ0n) is 10.8. The largest absolute Gasteiger partial charge is 0.330 e. The van der Waals surface area contributed by atoms with E-state index in [1.807, 2.05) is 6.07 Å². The van der Waals surface area contributed by atoms with E-state index in [1.165, 1.54) is 0 Å². The molecule has 0 aromatic heterocycles. The van der Waals surface area contributed by atoms with Crippen molar-refractivity contribution in [2.24, 2.45) is 17.4 Å². The van der Waals surface area contributed by atoms with E-state index in [0.717, 1.165) is 18.4 Å². The zero-order chi connectivity index (χ0) is 13.6. The van der Waals surface area contributed by atoms with Crippen LogP contribution in [0.5, 0.6) is 0 Å². The highest BCUT2D eigenvalue weighted by atomic mass is 32.2. The minimum Gasteiger partial charge on any atom is -0.330 e. The van der Waals surface area contributed by atoms with Crippen molar-refractivity contribution in [3.8, 4) is 0 Å². The van der Waals surface area contributed by atoms with Crippen molar-refractivity contribution in [2.75, 3.05) is 18.8 Å². The molecule has 18 heavy (non-hydrogen) atoms. The molecule has 0 aliphatic rings. The van der Waals surface area contributed by atoms with Crippen LogP contribution in [0.3, 0.4) is 0 Å². The van der Waals surface area contributed by atoms with Crippen molar-refractivity contribution < 1.29 is 8.42 Å². The Hall–Kier alpha value is -0.910. The summed E-state index contributed by atoms with van der Waals surface area (Å²) >= 11 is 0. The molecule has 0 heterocycles.